The molecule has 0 spiro atoms. The zero-order chi connectivity index (χ0) is 16.9. The van der Waals surface area contributed by atoms with Crippen LogP contribution in [0.1, 0.15) is 31.8 Å². The maximum Gasteiger partial charge on any atom is 0.302 e. The Hall–Kier alpha value is -2.91. The number of nitro groups is 1. The second-order valence-electron chi connectivity index (χ2n) is 4.77. The minimum absolute atomic E-state index is 0.0696. The van der Waals surface area contributed by atoms with E-state index in [0.717, 1.165) is 12.1 Å². The second-order valence-corrected chi connectivity index (χ2v) is 6.13. The number of ketones is 2. The minimum atomic E-state index is -5.09. The van der Waals surface area contributed by atoms with E-state index in [1.807, 2.05) is 0 Å². The summed E-state index contributed by atoms with van der Waals surface area (Å²) >= 11 is 0. The van der Waals surface area contributed by atoms with Crippen LogP contribution in [0, 0.1) is 10.1 Å². The first-order valence-corrected chi connectivity index (χ1v) is 7.65. The first-order chi connectivity index (χ1) is 10.7. The number of nitrogens with zero attached hydrogens (tertiary/aromatic N) is 1. The average molecular weight is 333 g/mol. The molecular formula is C14H7NO7S. The van der Waals surface area contributed by atoms with Crippen LogP contribution >= 0.6 is 0 Å². The molecule has 0 amide bonds. The zero-order valence-corrected chi connectivity index (χ0v) is 12.0. The van der Waals surface area contributed by atoms with Gasteiger partial charge in [0.15, 0.2) is 16.5 Å². The molecule has 0 radical (unpaired) electrons. The van der Waals surface area contributed by atoms with Crippen LogP contribution < -0.4 is 0 Å². The van der Waals surface area contributed by atoms with Crippen LogP contribution in [-0.2, 0) is 10.1 Å². The van der Waals surface area contributed by atoms with Gasteiger partial charge in [-0.2, -0.15) is 8.42 Å². The molecule has 2 aromatic carbocycles. The van der Waals surface area contributed by atoms with Crippen LogP contribution in [0.5, 0.6) is 0 Å². The van der Waals surface area contributed by atoms with Crippen molar-refractivity contribution >= 4 is 27.4 Å². The number of fused-ring (bicyclic) bond motifs is 2. The van der Waals surface area contributed by atoms with Crippen LogP contribution in [0.3, 0.4) is 0 Å². The Morgan fingerprint density at radius 2 is 1.48 bits per heavy atom. The third-order valence-electron chi connectivity index (χ3n) is 3.48. The van der Waals surface area contributed by atoms with E-state index in [0.29, 0.717) is 0 Å². The van der Waals surface area contributed by atoms with Gasteiger partial charge in [-0.3, -0.25) is 24.3 Å². The molecule has 0 heterocycles. The maximum atomic E-state index is 12.5. The quantitative estimate of drug-likeness (QED) is 0.428. The van der Waals surface area contributed by atoms with Gasteiger partial charge in [-0.25, -0.2) is 0 Å². The van der Waals surface area contributed by atoms with Crippen molar-refractivity contribution in [2.24, 2.45) is 0 Å². The van der Waals surface area contributed by atoms with Gasteiger partial charge in [0.05, 0.1) is 10.5 Å². The Morgan fingerprint density at radius 3 is 2.00 bits per heavy atom. The van der Waals surface area contributed by atoms with E-state index in [9.17, 15) is 32.7 Å². The summed E-state index contributed by atoms with van der Waals surface area (Å²) in [5.74, 6) is -1.51. The van der Waals surface area contributed by atoms with E-state index in [4.69, 9.17) is 0 Å². The number of benzene rings is 2. The summed E-state index contributed by atoms with van der Waals surface area (Å²) in [6.07, 6.45) is 0. The number of nitro benzene ring substituents is 1. The number of carbonyl (C=O) groups excluding carboxylic acids is 2. The number of rotatable bonds is 2. The topological polar surface area (TPSA) is 132 Å². The fourth-order valence-corrected chi connectivity index (χ4v) is 3.42. The van der Waals surface area contributed by atoms with E-state index < -0.39 is 42.8 Å². The second kappa shape index (κ2) is 4.80. The van der Waals surface area contributed by atoms with Gasteiger partial charge in [0, 0.05) is 22.8 Å². The summed E-state index contributed by atoms with van der Waals surface area (Å²) in [5, 5.41) is 11.0. The van der Waals surface area contributed by atoms with Crippen molar-refractivity contribution in [1.82, 2.24) is 0 Å². The molecule has 0 saturated heterocycles. The van der Waals surface area contributed by atoms with E-state index in [-0.39, 0.29) is 16.7 Å². The van der Waals surface area contributed by atoms with Gasteiger partial charge in [0.25, 0.3) is 5.69 Å². The Bertz CT molecular complexity index is 1010. The highest BCUT2D eigenvalue weighted by Gasteiger charge is 2.39. The Kier molecular flexibility index (Phi) is 3.13. The highest BCUT2D eigenvalue weighted by Crippen LogP contribution is 2.36. The normalized spacial score (nSPS) is 13.4. The number of hydrogen-bond donors (Lipinski definition) is 1. The molecule has 8 nitrogen and oxygen atoms in total. The van der Waals surface area contributed by atoms with Gasteiger partial charge in [-0.05, 0) is 6.07 Å². The smallest absolute Gasteiger partial charge is 0.289 e. The van der Waals surface area contributed by atoms with Crippen molar-refractivity contribution in [3.05, 3.63) is 68.8 Å². The molecule has 1 aliphatic rings. The van der Waals surface area contributed by atoms with Crippen molar-refractivity contribution in [1.29, 1.82) is 0 Å². The molecule has 9 heteroatoms. The third-order valence-corrected chi connectivity index (χ3v) is 4.41. The van der Waals surface area contributed by atoms with Crippen molar-refractivity contribution in [3.63, 3.8) is 0 Å². The minimum Gasteiger partial charge on any atom is -0.289 e. The van der Waals surface area contributed by atoms with Gasteiger partial charge >= 0.3 is 10.1 Å². The Labute approximate surface area is 129 Å². The molecule has 0 unspecified atom stereocenters. The Morgan fingerprint density at radius 1 is 0.913 bits per heavy atom. The van der Waals surface area contributed by atoms with Crippen LogP contribution in [-0.4, -0.2) is 29.5 Å². The zero-order valence-electron chi connectivity index (χ0n) is 11.2. The van der Waals surface area contributed by atoms with Crippen LogP contribution in [0.25, 0.3) is 0 Å². The molecule has 0 aliphatic heterocycles. The summed E-state index contributed by atoms with van der Waals surface area (Å²) < 4.78 is 32.5. The molecule has 0 atom stereocenters. The molecule has 0 saturated carbocycles. The largest absolute Gasteiger partial charge is 0.302 e. The van der Waals surface area contributed by atoms with Crippen LogP contribution in [0.2, 0.25) is 0 Å². The van der Waals surface area contributed by atoms with Gasteiger partial charge in [-0.15, -0.1) is 0 Å². The fraction of sp³-hybridized carbons (Fsp3) is 0. The van der Waals surface area contributed by atoms with E-state index in [1.165, 1.54) is 24.3 Å². The van der Waals surface area contributed by atoms with Gasteiger partial charge in [-0.1, -0.05) is 24.3 Å². The van der Waals surface area contributed by atoms with Crippen molar-refractivity contribution in [2.45, 2.75) is 4.90 Å². The van der Waals surface area contributed by atoms with Crippen molar-refractivity contribution in [2.75, 3.05) is 0 Å². The van der Waals surface area contributed by atoms with Crippen LogP contribution in [0.15, 0.2) is 41.3 Å². The van der Waals surface area contributed by atoms with Crippen molar-refractivity contribution in [3.8, 4) is 0 Å². The standard InChI is InChI=1S/C14H7NO7S/c16-12-7-3-1-2-4-8(7)13(17)11-9(12)5-6-10(15(18)19)14(11)23(20,21)22/h1-6H,(H,20,21,22). The summed E-state index contributed by atoms with van der Waals surface area (Å²) in [4.78, 5) is 33.8. The summed E-state index contributed by atoms with van der Waals surface area (Å²) in [6, 6.07) is 7.50. The summed E-state index contributed by atoms with van der Waals surface area (Å²) in [5.41, 5.74) is -1.94. The molecule has 1 N–H and O–H groups in total. The summed E-state index contributed by atoms with van der Waals surface area (Å²) in [6.45, 7) is 0. The van der Waals surface area contributed by atoms with E-state index in [1.54, 1.807) is 0 Å². The lowest BCUT2D eigenvalue weighted by Crippen LogP contribution is -2.24. The molecule has 1 aliphatic carbocycles. The first kappa shape index (κ1) is 15.0. The molecule has 0 bridgehead atoms. The maximum absolute atomic E-state index is 12.5. The average Bonchev–Trinajstić information content (AvgIpc) is 2.50. The molecule has 0 fully saturated rings. The molecule has 116 valence electrons. The predicted molar refractivity (Wildman–Crippen MR) is 76.2 cm³/mol. The summed E-state index contributed by atoms with van der Waals surface area (Å²) in [7, 11) is -5.09. The number of hydrogen-bond acceptors (Lipinski definition) is 6. The fourth-order valence-electron chi connectivity index (χ4n) is 2.55. The highest BCUT2D eigenvalue weighted by molar-refractivity contribution is 7.86. The lowest BCUT2D eigenvalue weighted by atomic mass is 9.84. The van der Waals surface area contributed by atoms with Crippen molar-refractivity contribution < 1.29 is 27.5 Å². The van der Waals surface area contributed by atoms with Gasteiger partial charge in [0.1, 0.15) is 0 Å². The Balaban J connectivity index is 2.47. The predicted octanol–water partition coefficient (Wildman–Crippen LogP) is 1.62. The van der Waals surface area contributed by atoms with E-state index >= 15 is 0 Å². The molecule has 0 aromatic heterocycles. The SMILES string of the molecule is O=C1c2ccccc2C(=O)c2c1ccc([N+](=O)[O-])c2S(=O)(=O)O. The molecule has 2 aromatic rings. The van der Waals surface area contributed by atoms with Gasteiger partial charge < -0.3 is 0 Å². The third kappa shape index (κ3) is 2.14. The first-order valence-electron chi connectivity index (χ1n) is 6.21. The molecule has 3 rings (SSSR count). The lowest BCUT2D eigenvalue weighted by molar-refractivity contribution is -0.387. The number of carbonyl (C=O) groups is 2. The van der Waals surface area contributed by atoms with Gasteiger partial charge in [0.2, 0.25) is 0 Å². The molecule has 23 heavy (non-hydrogen) atoms. The van der Waals surface area contributed by atoms with E-state index in [2.05, 4.69) is 0 Å². The van der Waals surface area contributed by atoms with Crippen LogP contribution in [0.4, 0.5) is 5.69 Å². The monoisotopic (exact) mass is 333 g/mol. The lowest BCUT2D eigenvalue weighted by Gasteiger charge is -2.18. The highest BCUT2D eigenvalue weighted by atomic mass is 32.2. The molecular weight excluding hydrogens is 326 g/mol.